The highest BCUT2D eigenvalue weighted by molar-refractivity contribution is 8.00. The Morgan fingerprint density at radius 1 is 1.13 bits per heavy atom. The third kappa shape index (κ3) is 5.57. The Bertz CT molecular complexity index is 1080. The second kappa shape index (κ2) is 9.89. The molecular weight excluding hydrogens is 402 g/mol. The maximum atomic E-state index is 12.5. The standard InChI is InChI=1S/C22H21N3O4S/c1-3-29-21(28)16-9-11-17(12-10-16)23-20(27)14(2)30-22-24-18(13-19(26)25-22)15-7-5-4-6-8-15/h4-14H,3H2,1-2H3,(H,23,27)(H,24,25,26)/t14-/m0/s1. The van der Waals surface area contributed by atoms with E-state index in [4.69, 9.17) is 4.74 Å². The van der Waals surface area contributed by atoms with Crippen LogP contribution in [0, 0.1) is 0 Å². The van der Waals surface area contributed by atoms with Crippen LogP contribution in [-0.2, 0) is 9.53 Å². The molecule has 0 fully saturated rings. The first-order chi connectivity index (χ1) is 14.5. The van der Waals surface area contributed by atoms with Crippen LogP contribution in [0.3, 0.4) is 0 Å². The van der Waals surface area contributed by atoms with Crippen LogP contribution in [0.5, 0.6) is 0 Å². The number of aromatic nitrogens is 2. The van der Waals surface area contributed by atoms with E-state index in [-0.39, 0.29) is 11.5 Å². The van der Waals surface area contributed by atoms with Gasteiger partial charge in [-0.25, -0.2) is 9.78 Å². The van der Waals surface area contributed by atoms with E-state index < -0.39 is 11.2 Å². The Labute approximate surface area is 177 Å². The number of amides is 1. The Balaban J connectivity index is 1.66. The number of H-pyrrole nitrogens is 1. The number of anilines is 1. The summed E-state index contributed by atoms with van der Waals surface area (Å²) in [6, 6.07) is 17.2. The van der Waals surface area contributed by atoms with Crippen molar-refractivity contribution in [3.63, 3.8) is 0 Å². The van der Waals surface area contributed by atoms with E-state index in [1.807, 2.05) is 30.3 Å². The van der Waals surface area contributed by atoms with Gasteiger partial charge in [0.05, 0.1) is 23.1 Å². The summed E-state index contributed by atoms with van der Waals surface area (Å²) in [6.45, 7) is 3.76. The van der Waals surface area contributed by atoms with Gasteiger partial charge in [-0.1, -0.05) is 42.1 Å². The Morgan fingerprint density at radius 3 is 2.50 bits per heavy atom. The number of ether oxygens (including phenoxy) is 1. The van der Waals surface area contributed by atoms with Crippen LogP contribution >= 0.6 is 11.8 Å². The third-order valence-electron chi connectivity index (χ3n) is 4.11. The molecule has 0 radical (unpaired) electrons. The summed E-state index contributed by atoms with van der Waals surface area (Å²) in [5.41, 5.74) is 2.05. The molecule has 0 bridgehead atoms. The summed E-state index contributed by atoms with van der Waals surface area (Å²) in [5.74, 6) is -0.663. The van der Waals surface area contributed by atoms with Gasteiger partial charge in [0.2, 0.25) is 5.91 Å². The number of esters is 1. The van der Waals surface area contributed by atoms with E-state index in [0.29, 0.717) is 28.7 Å². The van der Waals surface area contributed by atoms with Crippen molar-refractivity contribution in [3.8, 4) is 11.3 Å². The average molecular weight is 423 g/mol. The highest BCUT2D eigenvalue weighted by atomic mass is 32.2. The van der Waals surface area contributed by atoms with Gasteiger partial charge in [-0.05, 0) is 38.1 Å². The first kappa shape index (κ1) is 21.3. The van der Waals surface area contributed by atoms with Crippen molar-refractivity contribution < 1.29 is 14.3 Å². The van der Waals surface area contributed by atoms with E-state index >= 15 is 0 Å². The zero-order valence-corrected chi connectivity index (χ0v) is 17.4. The van der Waals surface area contributed by atoms with Gasteiger partial charge in [-0.3, -0.25) is 9.59 Å². The number of carbonyl (C=O) groups excluding carboxylic acids is 2. The minimum absolute atomic E-state index is 0.253. The molecule has 3 aromatic rings. The van der Waals surface area contributed by atoms with Crippen LogP contribution in [0.4, 0.5) is 5.69 Å². The molecule has 0 saturated heterocycles. The third-order valence-corrected chi connectivity index (χ3v) is 5.09. The van der Waals surface area contributed by atoms with Crippen molar-refractivity contribution >= 4 is 29.3 Å². The van der Waals surface area contributed by atoms with Crippen molar-refractivity contribution in [2.45, 2.75) is 24.3 Å². The lowest BCUT2D eigenvalue weighted by molar-refractivity contribution is -0.115. The number of thioether (sulfide) groups is 1. The number of hydrogen-bond donors (Lipinski definition) is 2. The second-order valence-corrected chi connectivity index (χ2v) is 7.68. The first-order valence-electron chi connectivity index (χ1n) is 9.37. The summed E-state index contributed by atoms with van der Waals surface area (Å²) >= 11 is 1.16. The molecule has 0 aliphatic rings. The summed E-state index contributed by atoms with van der Waals surface area (Å²) < 4.78 is 4.94. The predicted molar refractivity (Wildman–Crippen MR) is 117 cm³/mol. The van der Waals surface area contributed by atoms with E-state index in [1.165, 1.54) is 6.07 Å². The molecule has 0 unspecified atom stereocenters. The molecule has 0 spiro atoms. The molecule has 7 nitrogen and oxygen atoms in total. The maximum Gasteiger partial charge on any atom is 0.338 e. The minimum atomic E-state index is -0.510. The van der Waals surface area contributed by atoms with Crippen LogP contribution < -0.4 is 10.9 Å². The fourth-order valence-corrected chi connectivity index (χ4v) is 3.43. The van der Waals surface area contributed by atoms with Crippen molar-refractivity contribution in [3.05, 3.63) is 76.6 Å². The number of carbonyl (C=O) groups is 2. The molecule has 1 heterocycles. The van der Waals surface area contributed by atoms with Crippen LogP contribution in [0.25, 0.3) is 11.3 Å². The maximum absolute atomic E-state index is 12.5. The number of aromatic amines is 1. The molecule has 8 heteroatoms. The molecule has 0 saturated carbocycles. The van der Waals surface area contributed by atoms with E-state index in [1.54, 1.807) is 38.1 Å². The fraction of sp³-hybridized carbons (Fsp3) is 0.182. The van der Waals surface area contributed by atoms with Gasteiger partial charge in [-0.2, -0.15) is 0 Å². The molecule has 0 aliphatic heterocycles. The molecular formula is C22H21N3O4S. The van der Waals surface area contributed by atoms with Gasteiger partial charge in [0.1, 0.15) is 0 Å². The molecule has 1 aromatic heterocycles. The second-order valence-electron chi connectivity index (χ2n) is 6.35. The number of hydrogen-bond acceptors (Lipinski definition) is 6. The van der Waals surface area contributed by atoms with Gasteiger partial charge in [0, 0.05) is 17.3 Å². The van der Waals surface area contributed by atoms with Gasteiger partial charge in [-0.15, -0.1) is 0 Å². The average Bonchev–Trinajstić information content (AvgIpc) is 2.74. The number of nitrogens with zero attached hydrogens (tertiary/aromatic N) is 1. The van der Waals surface area contributed by atoms with Gasteiger partial charge >= 0.3 is 5.97 Å². The normalized spacial score (nSPS) is 11.5. The van der Waals surface area contributed by atoms with Crippen LogP contribution in [-0.4, -0.2) is 33.7 Å². The lowest BCUT2D eigenvalue weighted by Gasteiger charge is -2.12. The molecule has 1 atom stereocenters. The summed E-state index contributed by atoms with van der Waals surface area (Å²) in [7, 11) is 0. The van der Waals surface area contributed by atoms with Crippen molar-refractivity contribution in [2.75, 3.05) is 11.9 Å². The fourth-order valence-electron chi connectivity index (χ4n) is 2.62. The van der Waals surface area contributed by atoms with Crippen molar-refractivity contribution in [2.24, 2.45) is 0 Å². The molecule has 30 heavy (non-hydrogen) atoms. The monoisotopic (exact) mass is 423 g/mol. The molecule has 3 rings (SSSR count). The molecule has 154 valence electrons. The van der Waals surface area contributed by atoms with Crippen LogP contribution in [0.1, 0.15) is 24.2 Å². The van der Waals surface area contributed by atoms with E-state index in [9.17, 15) is 14.4 Å². The minimum Gasteiger partial charge on any atom is -0.462 e. The SMILES string of the molecule is CCOC(=O)c1ccc(NC(=O)[C@H](C)Sc2nc(-c3ccccc3)cc(=O)[nH]2)cc1. The largest absolute Gasteiger partial charge is 0.462 e. The number of nitrogens with one attached hydrogen (secondary N) is 2. The number of benzene rings is 2. The topological polar surface area (TPSA) is 101 Å². The lowest BCUT2D eigenvalue weighted by Crippen LogP contribution is -2.23. The Kier molecular flexibility index (Phi) is 7.03. The van der Waals surface area contributed by atoms with Crippen molar-refractivity contribution in [1.82, 2.24) is 9.97 Å². The quantitative estimate of drug-likeness (QED) is 0.341. The van der Waals surface area contributed by atoms with Crippen LogP contribution in [0.2, 0.25) is 0 Å². The summed E-state index contributed by atoms with van der Waals surface area (Å²) in [4.78, 5) is 43.4. The summed E-state index contributed by atoms with van der Waals surface area (Å²) in [6.07, 6.45) is 0. The highest BCUT2D eigenvalue weighted by Crippen LogP contribution is 2.23. The van der Waals surface area contributed by atoms with E-state index in [2.05, 4.69) is 15.3 Å². The zero-order valence-electron chi connectivity index (χ0n) is 16.5. The Morgan fingerprint density at radius 2 is 1.83 bits per heavy atom. The van der Waals surface area contributed by atoms with Gasteiger partial charge in [0.25, 0.3) is 5.56 Å². The molecule has 2 aromatic carbocycles. The molecule has 1 amide bonds. The lowest BCUT2D eigenvalue weighted by atomic mass is 10.1. The molecule has 2 N–H and O–H groups in total. The first-order valence-corrected chi connectivity index (χ1v) is 10.3. The van der Waals surface area contributed by atoms with Gasteiger partial charge < -0.3 is 15.0 Å². The summed E-state index contributed by atoms with van der Waals surface area (Å²) in [5, 5.41) is 2.64. The smallest absolute Gasteiger partial charge is 0.338 e. The zero-order chi connectivity index (χ0) is 21.5. The van der Waals surface area contributed by atoms with Crippen molar-refractivity contribution in [1.29, 1.82) is 0 Å². The highest BCUT2D eigenvalue weighted by Gasteiger charge is 2.17. The Hall–Kier alpha value is -3.39. The van der Waals surface area contributed by atoms with Gasteiger partial charge in [0.15, 0.2) is 5.16 Å². The molecule has 0 aliphatic carbocycles. The predicted octanol–water partition coefficient (Wildman–Crippen LogP) is 3.73. The number of rotatable bonds is 7. The van der Waals surface area contributed by atoms with Crippen LogP contribution in [0.15, 0.2) is 70.6 Å². The van der Waals surface area contributed by atoms with E-state index in [0.717, 1.165) is 17.3 Å².